The van der Waals surface area contributed by atoms with E-state index in [1.165, 1.54) is 0 Å². The summed E-state index contributed by atoms with van der Waals surface area (Å²) in [7, 11) is 1.75. The van der Waals surface area contributed by atoms with Crippen LogP contribution in [0, 0.1) is 5.92 Å². The summed E-state index contributed by atoms with van der Waals surface area (Å²) in [6, 6.07) is 0.502. The molecule has 1 unspecified atom stereocenters. The predicted molar refractivity (Wildman–Crippen MR) is 70.6 cm³/mol. The smallest absolute Gasteiger partial charge is 0.0590 e. The molecule has 0 aromatic rings. The molecule has 0 heterocycles. The van der Waals surface area contributed by atoms with Crippen LogP contribution < -0.4 is 5.73 Å². The quantitative estimate of drug-likeness (QED) is 0.694. The molecule has 0 aromatic carbocycles. The van der Waals surface area contributed by atoms with Crippen LogP contribution in [0.5, 0.6) is 0 Å². The van der Waals surface area contributed by atoms with E-state index in [1.807, 2.05) is 0 Å². The third kappa shape index (κ3) is 4.81. The van der Waals surface area contributed by atoms with Crippen molar-refractivity contribution in [1.82, 2.24) is 4.90 Å². The van der Waals surface area contributed by atoms with Gasteiger partial charge in [0.1, 0.15) is 0 Å². The number of nitrogens with zero attached hydrogens (tertiary/aromatic N) is 1. The van der Waals surface area contributed by atoms with Crippen molar-refractivity contribution in [3.05, 3.63) is 0 Å². The molecule has 3 nitrogen and oxygen atoms in total. The van der Waals surface area contributed by atoms with E-state index in [-0.39, 0.29) is 5.54 Å². The van der Waals surface area contributed by atoms with Gasteiger partial charge in [0, 0.05) is 31.8 Å². The minimum atomic E-state index is 0.0842. The second-order valence-electron chi connectivity index (χ2n) is 5.58. The largest absolute Gasteiger partial charge is 0.383 e. The van der Waals surface area contributed by atoms with Crippen LogP contribution in [0.1, 0.15) is 41.0 Å². The number of hydrogen-bond acceptors (Lipinski definition) is 3. The summed E-state index contributed by atoms with van der Waals surface area (Å²) in [5.41, 5.74) is 6.07. The van der Waals surface area contributed by atoms with E-state index in [2.05, 4.69) is 39.5 Å². The molecule has 0 aliphatic carbocycles. The van der Waals surface area contributed by atoms with Crippen molar-refractivity contribution in [2.45, 2.75) is 52.6 Å². The van der Waals surface area contributed by atoms with Gasteiger partial charge in [-0.1, -0.05) is 13.8 Å². The van der Waals surface area contributed by atoms with E-state index in [4.69, 9.17) is 10.5 Å². The van der Waals surface area contributed by atoms with E-state index < -0.39 is 0 Å². The number of nitrogens with two attached hydrogens (primary N) is 1. The highest BCUT2D eigenvalue weighted by Gasteiger charge is 2.32. The van der Waals surface area contributed by atoms with Crippen molar-refractivity contribution in [3.63, 3.8) is 0 Å². The molecule has 0 aliphatic heterocycles. The molecular formula is C13H30N2O. The van der Waals surface area contributed by atoms with Crippen molar-refractivity contribution in [2.24, 2.45) is 11.7 Å². The topological polar surface area (TPSA) is 38.5 Å². The third-order valence-electron chi connectivity index (χ3n) is 3.14. The van der Waals surface area contributed by atoms with Gasteiger partial charge in [-0.3, -0.25) is 4.90 Å². The van der Waals surface area contributed by atoms with Crippen LogP contribution in [0.3, 0.4) is 0 Å². The molecule has 3 heteroatoms. The molecule has 0 rings (SSSR count). The summed E-state index contributed by atoms with van der Waals surface area (Å²) < 4.78 is 5.18. The van der Waals surface area contributed by atoms with Crippen LogP contribution in [0.15, 0.2) is 0 Å². The lowest BCUT2D eigenvalue weighted by Gasteiger charge is -2.44. The number of methoxy groups -OCH3 is 1. The molecule has 2 N–H and O–H groups in total. The second-order valence-corrected chi connectivity index (χ2v) is 5.58. The van der Waals surface area contributed by atoms with Gasteiger partial charge in [0.15, 0.2) is 0 Å². The Morgan fingerprint density at radius 1 is 1.25 bits per heavy atom. The fraction of sp³-hybridized carbons (Fsp3) is 1.00. The first kappa shape index (κ1) is 15.9. The van der Waals surface area contributed by atoms with Gasteiger partial charge in [-0.15, -0.1) is 0 Å². The van der Waals surface area contributed by atoms with E-state index >= 15 is 0 Å². The average molecular weight is 230 g/mol. The highest BCUT2D eigenvalue weighted by atomic mass is 16.5. The molecule has 98 valence electrons. The molecule has 1 atom stereocenters. The SMILES string of the molecule is COCCN(C(C)C)C(C)(CN)CC(C)C. The highest BCUT2D eigenvalue weighted by Crippen LogP contribution is 2.25. The second kappa shape index (κ2) is 7.25. The van der Waals surface area contributed by atoms with Crippen LogP contribution >= 0.6 is 0 Å². The van der Waals surface area contributed by atoms with Gasteiger partial charge in [-0.2, -0.15) is 0 Å². The summed E-state index contributed by atoms with van der Waals surface area (Å²) in [4.78, 5) is 2.47. The van der Waals surface area contributed by atoms with Gasteiger partial charge in [0.05, 0.1) is 6.61 Å². The standard InChI is InChI=1S/C13H30N2O/c1-11(2)9-13(5,10-14)15(12(3)4)7-8-16-6/h11-12H,7-10,14H2,1-6H3. The summed E-state index contributed by atoms with van der Waals surface area (Å²) in [5, 5.41) is 0. The average Bonchev–Trinajstić information content (AvgIpc) is 2.16. The van der Waals surface area contributed by atoms with Gasteiger partial charge in [-0.05, 0) is 33.1 Å². The molecule has 0 amide bonds. The number of rotatable bonds is 8. The molecule has 0 saturated heterocycles. The first-order valence-corrected chi connectivity index (χ1v) is 6.33. The summed E-state index contributed by atoms with van der Waals surface area (Å²) >= 11 is 0. The van der Waals surface area contributed by atoms with Crippen LogP contribution in [-0.4, -0.2) is 43.3 Å². The van der Waals surface area contributed by atoms with Crippen molar-refractivity contribution < 1.29 is 4.74 Å². The van der Waals surface area contributed by atoms with Crippen molar-refractivity contribution in [2.75, 3.05) is 26.8 Å². The summed E-state index contributed by atoms with van der Waals surface area (Å²) in [6.45, 7) is 13.6. The lowest BCUT2D eigenvalue weighted by Crippen LogP contribution is -2.56. The van der Waals surface area contributed by atoms with E-state index in [9.17, 15) is 0 Å². The number of ether oxygens (including phenoxy) is 1. The van der Waals surface area contributed by atoms with Crippen molar-refractivity contribution in [1.29, 1.82) is 0 Å². The first-order valence-electron chi connectivity index (χ1n) is 6.33. The lowest BCUT2D eigenvalue weighted by molar-refractivity contribution is 0.0323. The van der Waals surface area contributed by atoms with Crippen molar-refractivity contribution in [3.8, 4) is 0 Å². The maximum atomic E-state index is 5.98. The van der Waals surface area contributed by atoms with E-state index in [0.717, 1.165) is 19.6 Å². The molecule has 0 aromatic heterocycles. The van der Waals surface area contributed by atoms with E-state index in [1.54, 1.807) is 7.11 Å². The third-order valence-corrected chi connectivity index (χ3v) is 3.14. The van der Waals surface area contributed by atoms with Crippen LogP contribution in [-0.2, 0) is 4.74 Å². The normalized spacial score (nSPS) is 16.1. The Morgan fingerprint density at radius 3 is 2.12 bits per heavy atom. The Morgan fingerprint density at radius 2 is 1.81 bits per heavy atom. The first-order chi connectivity index (χ1) is 7.37. The van der Waals surface area contributed by atoms with Gasteiger partial charge < -0.3 is 10.5 Å². The van der Waals surface area contributed by atoms with Gasteiger partial charge in [0.25, 0.3) is 0 Å². The van der Waals surface area contributed by atoms with Gasteiger partial charge in [-0.25, -0.2) is 0 Å². The molecule has 16 heavy (non-hydrogen) atoms. The highest BCUT2D eigenvalue weighted by molar-refractivity contribution is 4.90. The molecule has 0 saturated carbocycles. The Kier molecular flexibility index (Phi) is 7.20. The van der Waals surface area contributed by atoms with E-state index in [0.29, 0.717) is 18.5 Å². The zero-order valence-corrected chi connectivity index (χ0v) is 11.9. The monoisotopic (exact) mass is 230 g/mol. The van der Waals surface area contributed by atoms with Gasteiger partial charge in [0.2, 0.25) is 0 Å². The fourth-order valence-corrected chi connectivity index (χ4v) is 2.54. The maximum absolute atomic E-state index is 5.98. The minimum Gasteiger partial charge on any atom is -0.383 e. The predicted octanol–water partition coefficient (Wildman–Crippen LogP) is 2.11. The van der Waals surface area contributed by atoms with Crippen LogP contribution in [0.4, 0.5) is 0 Å². The molecule has 0 spiro atoms. The molecular weight excluding hydrogens is 200 g/mol. The Balaban J connectivity index is 4.67. The molecule has 0 fully saturated rings. The molecule has 0 bridgehead atoms. The summed E-state index contributed by atoms with van der Waals surface area (Å²) in [6.07, 6.45) is 1.13. The van der Waals surface area contributed by atoms with Gasteiger partial charge >= 0.3 is 0 Å². The number of hydrogen-bond donors (Lipinski definition) is 1. The zero-order valence-electron chi connectivity index (χ0n) is 11.9. The maximum Gasteiger partial charge on any atom is 0.0590 e. The Hall–Kier alpha value is -0.120. The molecule has 0 aliphatic rings. The van der Waals surface area contributed by atoms with Crippen LogP contribution in [0.2, 0.25) is 0 Å². The Labute approximate surface area is 101 Å². The lowest BCUT2D eigenvalue weighted by atomic mass is 9.88. The minimum absolute atomic E-state index is 0.0842. The van der Waals surface area contributed by atoms with Crippen molar-refractivity contribution >= 4 is 0 Å². The fourth-order valence-electron chi connectivity index (χ4n) is 2.54. The Bertz CT molecular complexity index is 183. The summed E-state index contributed by atoms with van der Waals surface area (Å²) in [5.74, 6) is 0.664. The zero-order chi connectivity index (χ0) is 12.8. The molecule has 0 radical (unpaired) electrons. The van der Waals surface area contributed by atoms with Crippen LogP contribution in [0.25, 0.3) is 0 Å².